The molecule has 2 saturated heterocycles. The highest BCUT2D eigenvalue weighted by Crippen LogP contribution is 2.25. The maximum atomic E-state index is 12.5. The smallest absolute Gasteiger partial charge is 0.227 e. The molecule has 5 nitrogen and oxygen atoms in total. The van der Waals surface area contributed by atoms with E-state index in [0.717, 1.165) is 38.8 Å². The van der Waals surface area contributed by atoms with Gasteiger partial charge in [-0.05, 0) is 39.2 Å². The van der Waals surface area contributed by atoms with Gasteiger partial charge in [-0.15, -0.1) is 0 Å². The van der Waals surface area contributed by atoms with Crippen LogP contribution in [0.4, 0.5) is 0 Å². The van der Waals surface area contributed by atoms with E-state index in [1.165, 1.54) is 0 Å². The largest absolute Gasteiger partial charge is 0.369 e. The van der Waals surface area contributed by atoms with Gasteiger partial charge in [0.2, 0.25) is 11.8 Å². The van der Waals surface area contributed by atoms with Gasteiger partial charge in [0.15, 0.2) is 0 Å². The van der Waals surface area contributed by atoms with Gasteiger partial charge in [0.05, 0.1) is 11.8 Å². The van der Waals surface area contributed by atoms with E-state index in [4.69, 9.17) is 5.73 Å². The van der Waals surface area contributed by atoms with Crippen LogP contribution in [0.15, 0.2) is 0 Å². The summed E-state index contributed by atoms with van der Waals surface area (Å²) in [6, 6.07) is 0.232. The molecular formula is C13H23N3O2. The van der Waals surface area contributed by atoms with Gasteiger partial charge in [-0.25, -0.2) is 0 Å². The predicted molar refractivity (Wildman–Crippen MR) is 68.7 cm³/mol. The Balaban J connectivity index is 2.00. The number of amides is 2. The average Bonchev–Trinajstić information content (AvgIpc) is 2.39. The molecule has 0 aromatic carbocycles. The van der Waals surface area contributed by atoms with Gasteiger partial charge in [-0.1, -0.05) is 0 Å². The van der Waals surface area contributed by atoms with Crippen molar-refractivity contribution in [3.8, 4) is 0 Å². The van der Waals surface area contributed by atoms with E-state index in [-0.39, 0.29) is 29.7 Å². The van der Waals surface area contributed by atoms with E-state index in [1.54, 1.807) is 0 Å². The lowest BCUT2D eigenvalue weighted by Gasteiger charge is -2.39. The maximum absolute atomic E-state index is 12.5. The molecule has 3 N–H and O–H groups in total. The predicted octanol–water partition coefficient (Wildman–Crippen LogP) is 0.0984. The Morgan fingerprint density at radius 3 is 2.61 bits per heavy atom. The normalized spacial score (nSPS) is 33.2. The summed E-state index contributed by atoms with van der Waals surface area (Å²) in [5, 5.41) is 3.26. The standard InChI is InChI=1S/C13H23N3O2/c1-9-4-5-11(12(14)17)8-16(9)13(18)10-3-2-6-15-7-10/h9-11,15H,2-8H2,1H3,(H2,14,17)/t9?,10-,11?/m1/s1. The summed E-state index contributed by atoms with van der Waals surface area (Å²) in [5.74, 6) is -0.170. The van der Waals surface area contributed by atoms with Crippen LogP contribution in [0.1, 0.15) is 32.6 Å². The fourth-order valence-electron chi connectivity index (χ4n) is 2.94. The van der Waals surface area contributed by atoms with Gasteiger partial charge in [0.25, 0.3) is 0 Å². The number of hydrogen-bond acceptors (Lipinski definition) is 3. The molecule has 102 valence electrons. The van der Waals surface area contributed by atoms with Crippen molar-refractivity contribution in [2.75, 3.05) is 19.6 Å². The number of carbonyl (C=O) groups is 2. The van der Waals surface area contributed by atoms with E-state index >= 15 is 0 Å². The first-order valence-corrected chi connectivity index (χ1v) is 6.90. The summed E-state index contributed by atoms with van der Waals surface area (Å²) in [5.41, 5.74) is 5.36. The van der Waals surface area contributed by atoms with Crippen molar-refractivity contribution >= 4 is 11.8 Å². The molecular weight excluding hydrogens is 230 g/mol. The quantitative estimate of drug-likeness (QED) is 0.733. The molecule has 0 saturated carbocycles. The van der Waals surface area contributed by atoms with Crippen LogP contribution >= 0.6 is 0 Å². The lowest BCUT2D eigenvalue weighted by molar-refractivity contribution is -0.142. The number of piperidine rings is 2. The summed E-state index contributed by atoms with van der Waals surface area (Å²) in [6.07, 6.45) is 3.69. The van der Waals surface area contributed by atoms with Gasteiger partial charge >= 0.3 is 0 Å². The topological polar surface area (TPSA) is 75.4 Å². The van der Waals surface area contributed by atoms with Crippen molar-refractivity contribution in [3.05, 3.63) is 0 Å². The van der Waals surface area contributed by atoms with Crippen LogP contribution in [-0.4, -0.2) is 42.4 Å². The highest BCUT2D eigenvalue weighted by Gasteiger charge is 2.34. The van der Waals surface area contributed by atoms with Gasteiger partial charge < -0.3 is 16.0 Å². The van der Waals surface area contributed by atoms with E-state index < -0.39 is 0 Å². The van der Waals surface area contributed by atoms with Gasteiger partial charge in [-0.3, -0.25) is 9.59 Å². The molecule has 2 amide bonds. The maximum Gasteiger partial charge on any atom is 0.227 e. The fourth-order valence-corrected chi connectivity index (χ4v) is 2.94. The molecule has 0 aromatic rings. The number of primary amides is 1. The minimum Gasteiger partial charge on any atom is -0.369 e. The first kappa shape index (κ1) is 13.3. The zero-order valence-electron chi connectivity index (χ0n) is 11.0. The third kappa shape index (κ3) is 2.83. The molecule has 0 spiro atoms. The molecule has 18 heavy (non-hydrogen) atoms. The molecule has 2 heterocycles. The number of carbonyl (C=O) groups excluding carboxylic acids is 2. The molecule has 2 unspecified atom stereocenters. The van der Waals surface area contributed by atoms with Crippen LogP contribution in [0.5, 0.6) is 0 Å². The monoisotopic (exact) mass is 253 g/mol. The lowest BCUT2D eigenvalue weighted by atomic mass is 9.90. The molecule has 0 radical (unpaired) electrons. The lowest BCUT2D eigenvalue weighted by Crippen LogP contribution is -2.52. The van der Waals surface area contributed by atoms with Crippen LogP contribution in [0, 0.1) is 11.8 Å². The number of nitrogens with zero attached hydrogens (tertiary/aromatic N) is 1. The van der Waals surface area contributed by atoms with E-state index in [1.807, 2.05) is 4.90 Å². The molecule has 3 atom stereocenters. The van der Waals surface area contributed by atoms with Crippen LogP contribution in [0.3, 0.4) is 0 Å². The second kappa shape index (κ2) is 5.69. The highest BCUT2D eigenvalue weighted by molar-refractivity contribution is 5.82. The molecule has 2 aliphatic heterocycles. The van der Waals surface area contributed by atoms with Crippen LogP contribution in [-0.2, 0) is 9.59 Å². The summed E-state index contributed by atoms with van der Waals surface area (Å²) in [7, 11) is 0. The Labute approximate surface area is 108 Å². The number of likely N-dealkylation sites (tertiary alicyclic amines) is 1. The Bertz CT molecular complexity index is 326. The Hall–Kier alpha value is -1.10. The third-order valence-electron chi connectivity index (χ3n) is 4.21. The summed E-state index contributed by atoms with van der Waals surface area (Å²) < 4.78 is 0. The van der Waals surface area contributed by atoms with Crippen LogP contribution < -0.4 is 11.1 Å². The van der Waals surface area contributed by atoms with Crippen molar-refractivity contribution in [2.45, 2.75) is 38.6 Å². The van der Waals surface area contributed by atoms with Gasteiger partial charge in [0, 0.05) is 19.1 Å². The fraction of sp³-hybridized carbons (Fsp3) is 0.846. The highest BCUT2D eigenvalue weighted by atomic mass is 16.2. The summed E-state index contributed by atoms with van der Waals surface area (Å²) in [6.45, 7) is 4.34. The van der Waals surface area contributed by atoms with Crippen LogP contribution in [0.2, 0.25) is 0 Å². The molecule has 2 fully saturated rings. The Morgan fingerprint density at radius 2 is 2.00 bits per heavy atom. The second-order valence-corrected chi connectivity index (χ2v) is 5.56. The molecule has 0 aliphatic carbocycles. The third-order valence-corrected chi connectivity index (χ3v) is 4.21. The minimum absolute atomic E-state index is 0.0767. The molecule has 0 aromatic heterocycles. The second-order valence-electron chi connectivity index (χ2n) is 5.56. The van der Waals surface area contributed by atoms with E-state index in [2.05, 4.69) is 12.2 Å². The molecule has 2 aliphatic rings. The zero-order chi connectivity index (χ0) is 13.1. The number of nitrogens with one attached hydrogen (secondary N) is 1. The van der Waals surface area contributed by atoms with Crippen molar-refractivity contribution in [1.29, 1.82) is 0 Å². The molecule has 2 rings (SSSR count). The van der Waals surface area contributed by atoms with Crippen molar-refractivity contribution < 1.29 is 9.59 Å². The van der Waals surface area contributed by atoms with Gasteiger partial charge in [-0.2, -0.15) is 0 Å². The first-order chi connectivity index (χ1) is 8.59. The first-order valence-electron chi connectivity index (χ1n) is 6.90. The SMILES string of the molecule is CC1CCC(C(N)=O)CN1C(=O)[C@@H]1CCCNC1. The van der Waals surface area contributed by atoms with E-state index in [9.17, 15) is 9.59 Å². The number of rotatable bonds is 2. The van der Waals surface area contributed by atoms with Gasteiger partial charge in [0.1, 0.15) is 0 Å². The summed E-state index contributed by atoms with van der Waals surface area (Å²) >= 11 is 0. The Morgan fingerprint density at radius 1 is 1.22 bits per heavy atom. The Kier molecular flexibility index (Phi) is 4.22. The number of nitrogens with two attached hydrogens (primary N) is 1. The molecule has 5 heteroatoms. The number of hydrogen-bond donors (Lipinski definition) is 2. The van der Waals surface area contributed by atoms with Crippen molar-refractivity contribution in [3.63, 3.8) is 0 Å². The average molecular weight is 253 g/mol. The van der Waals surface area contributed by atoms with Crippen molar-refractivity contribution in [2.24, 2.45) is 17.6 Å². The van der Waals surface area contributed by atoms with Crippen LogP contribution in [0.25, 0.3) is 0 Å². The molecule has 0 bridgehead atoms. The van der Waals surface area contributed by atoms with Crippen molar-refractivity contribution in [1.82, 2.24) is 10.2 Å². The minimum atomic E-state index is -0.276. The zero-order valence-corrected chi connectivity index (χ0v) is 11.0. The van der Waals surface area contributed by atoms with E-state index in [0.29, 0.717) is 6.54 Å². The summed E-state index contributed by atoms with van der Waals surface area (Å²) in [4.78, 5) is 25.6.